The van der Waals surface area contributed by atoms with E-state index in [9.17, 15) is 43.8 Å². The Kier molecular flexibility index (Phi) is 35.1. The number of unbranched alkanes of at least 4 members (excludes halogenated alkanes) is 2. The number of aliphatic hydroxyl groups is 1. The Balaban J connectivity index is 1.01. The van der Waals surface area contributed by atoms with Crippen LogP contribution in [0.5, 0.6) is 0 Å². The van der Waals surface area contributed by atoms with Crippen LogP contribution in [0.2, 0.25) is 0 Å². The predicted molar refractivity (Wildman–Crippen MR) is 481 cm³/mol. The van der Waals surface area contributed by atoms with E-state index >= 15 is 43.2 Å². The number of hydrogen-bond donors (Lipinski definition) is 15. The van der Waals surface area contributed by atoms with Gasteiger partial charge in [0.2, 0.25) is 82.7 Å². The number of nitrogens with one attached hydrogen (secondary N) is 9. The molecule has 130 heavy (non-hydrogen) atoms. The number of H-pyrrole nitrogens is 1. The van der Waals surface area contributed by atoms with Crippen LogP contribution in [0.4, 0.5) is 0 Å². The molecule has 0 saturated carbocycles. The summed E-state index contributed by atoms with van der Waals surface area (Å²) in [7, 11) is 2.83. The number of para-hydroxylation sites is 2. The first-order valence-corrected chi connectivity index (χ1v) is 45.7. The van der Waals surface area contributed by atoms with Crippen LogP contribution in [0.15, 0.2) is 85.2 Å². The number of hydrogen-bond acceptors (Lipinski definition) is 20. The van der Waals surface area contributed by atoms with Crippen LogP contribution in [-0.2, 0) is 103 Å². The first kappa shape index (κ1) is 100. The molecular formula is C92H132N20O18. The molecule has 5 saturated heterocycles. The van der Waals surface area contributed by atoms with Crippen molar-refractivity contribution in [1.29, 1.82) is 0 Å². The summed E-state index contributed by atoms with van der Waals surface area (Å²) in [4.78, 5) is 248. The van der Waals surface area contributed by atoms with E-state index in [0.29, 0.717) is 77.0 Å². The van der Waals surface area contributed by atoms with Gasteiger partial charge in [0.25, 0.3) is 5.91 Å². The smallest absolute Gasteiger partial charge is 0.323 e. The van der Waals surface area contributed by atoms with Gasteiger partial charge in [-0.3, -0.25) is 81.6 Å². The molecular weight excluding hydrogens is 1670 g/mol. The molecule has 5 aliphatic heterocycles. The zero-order valence-corrected chi connectivity index (χ0v) is 76.0. The summed E-state index contributed by atoms with van der Waals surface area (Å²) in [5.74, 6) is -14.0. The number of primary amides is 1. The fourth-order valence-electron chi connectivity index (χ4n) is 18.5. The highest BCUT2D eigenvalue weighted by Gasteiger charge is 2.72. The molecule has 0 bridgehead atoms. The number of nitrogens with two attached hydrogens (primary N) is 4. The van der Waals surface area contributed by atoms with Crippen molar-refractivity contribution in [2.75, 3.05) is 53.4 Å². The third-order valence-electron chi connectivity index (χ3n) is 25.4. The number of aryl methyl sites for hydroxylation is 1. The van der Waals surface area contributed by atoms with E-state index in [2.05, 4.69) is 47.5 Å². The number of carboxylic acids is 1. The third-order valence-corrected chi connectivity index (χ3v) is 25.4. The second-order valence-corrected chi connectivity index (χ2v) is 36.1. The lowest BCUT2D eigenvalue weighted by Crippen LogP contribution is -2.61. The lowest BCUT2D eigenvalue weighted by Gasteiger charge is -2.39. The number of fused-ring (bicyclic) bond motifs is 4. The maximum Gasteiger partial charge on any atom is 0.323 e. The largest absolute Gasteiger partial charge is 0.480 e. The number of aromatic nitrogens is 2. The molecule has 38 nitrogen and oxygen atoms in total. The number of likely N-dealkylation sites (N-methyl/N-ethyl adjacent to an activating group) is 2. The number of carbonyl (C=O) groups excluding carboxylic acids is 15. The number of amides is 15. The number of aliphatic carboxylic acids is 1. The predicted octanol–water partition coefficient (Wildman–Crippen LogP) is 0.356. The van der Waals surface area contributed by atoms with E-state index in [4.69, 9.17) is 22.9 Å². The third kappa shape index (κ3) is 24.4. The average Bonchev–Trinajstić information content (AvgIpc) is 1.52. The summed E-state index contributed by atoms with van der Waals surface area (Å²) in [6.45, 7) is 11.0. The van der Waals surface area contributed by atoms with Crippen molar-refractivity contribution in [3.63, 3.8) is 0 Å². The Morgan fingerprint density at radius 1 is 0.546 bits per heavy atom. The Labute approximate surface area is 757 Å². The van der Waals surface area contributed by atoms with Crippen molar-refractivity contribution in [1.82, 2.24) is 81.5 Å². The highest BCUT2D eigenvalue weighted by Crippen LogP contribution is 2.48. The number of rotatable bonds is 23. The minimum Gasteiger partial charge on any atom is -0.480 e. The van der Waals surface area contributed by atoms with Crippen LogP contribution in [0, 0.1) is 18.8 Å². The summed E-state index contributed by atoms with van der Waals surface area (Å²) >= 11 is 0. The molecule has 3 aromatic carbocycles. The lowest BCUT2D eigenvalue weighted by molar-refractivity contribution is -0.149. The molecule has 38 heteroatoms. The Morgan fingerprint density at radius 3 is 1.80 bits per heavy atom. The Morgan fingerprint density at radius 2 is 1.13 bits per heavy atom. The van der Waals surface area contributed by atoms with Gasteiger partial charge in [0, 0.05) is 107 Å². The second-order valence-electron chi connectivity index (χ2n) is 36.1. The first-order valence-electron chi connectivity index (χ1n) is 45.7. The van der Waals surface area contributed by atoms with Gasteiger partial charge < -0.3 is 110 Å². The van der Waals surface area contributed by atoms with E-state index in [-0.39, 0.29) is 128 Å². The highest BCUT2D eigenvalue weighted by atomic mass is 16.4. The summed E-state index contributed by atoms with van der Waals surface area (Å²) in [5.41, 5.74) is 26.8. The van der Waals surface area contributed by atoms with Gasteiger partial charge in [-0.15, -0.1) is 0 Å². The number of carbonyl (C=O) groups is 16. The maximum atomic E-state index is 15.9. The number of piperidine rings is 1. The molecule has 0 aliphatic carbocycles. The van der Waals surface area contributed by atoms with Gasteiger partial charge in [-0.05, 0) is 131 Å². The van der Waals surface area contributed by atoms with Crippen LogP contribution in [0.3, 0.4) is 0 Å². The minimum atomic E-state index is -1.82. The van der Waals surface area contributed by atoms with Crippen molar-refractivity contribution in [3.8, 4) is 0 Å². The Bertz CT molecular complexity index is 4940. The van der Waals surface area contributed by atoms with Crippen LogP contribution >= 0.6 is 0 Å². The molecule has 1 spiro atoms. The van der Waals surface area contributed by atoms with E-state index in [1.165, 1.54) is 38.3 Å². The number of aliphatic hydroxyl groups excluding tert-OH is 1. The van der Waals surface area contributed by atoms with E-state index < -0.39 is 211 Å². The van der Waals surface area contributed by atoms with Gasteiger partial charge >= 0.3 is 5.97 Å². The number of aromatic amines is 1. The van der Waals surface area contributed by atoms with Crippen molar-refractivity contribution in [3.05, 3.63) is 107 Å². The molecule has 5 aliphatic rings. The second kappa shape index (κ2) is 45.6. The topological polar surface area (TPSA) is 554 Å². The average molecular weight is 1810 g/mol. The molecule has 0 radical (unpaired) electrons. The molecule has 19 N–H and O–H groups in total. The SMILES string of the molecule is CCCC[C@H]1C(=O)N(C)[C@@H](CCCC)C(=O)N[C@@H](CC(C)C)C(=O)NCCC[C@H](N)C(=O)N[C@@H](Cc2ccc(C)cc2)C(=O)N2CCCC[C@@]23C(=O)N3[C@@H](CC(N)=O)C(=O)N2CCC[C@H]2C(=O)N[C@@H](CN)C(=O)N[C@@H](CC(C)C)C(=O)N2C[C@H](O)C[C@H]2C(=O)N[C@@H](Cc2c[nH]c3ccccc23)C(=O)N[C@@H](CCN)C(=O)N[C@@H](Cc2cn(CC(=O)O)c3ccccc23)C(=O)N1C. The normalized spacial score (nSPS) is 26.8. The molecule has 15 atom stereocenters. The molecule has 2 aromatic heterocycles. The maximum absolute atomic E-state index is 15.9. The first-order chi connectivity index (χ1) is 61.9. The monoisotopic (exact) mass is 1810 g/mol. The summed E-state index contributed by atoms with van der Waals surface area (Å²) in [5, 5.41) is 45.2. The molecule has 10 rings (SSSR count). The van der Waals surface area contributed by atoms with Gasteiger partial charge in [0.1, 0.15) is 79.0 Å². The van der Waals surface area contributed by atoms with Crippen LogP contribution in [-0.4, -0.2) is 287 Å². The van der Waals surface area contributed by atoms with Gasteiger partial charge in [-0.25, -0.2) is 0 Å². The van der Waals surface area contributed by atoms with Crippen molar-refractivity contribution in [2.45, 2.75) is 280 Å². The van der Waals surface area contributed by atoms with Crippen molar-refractivity contribution >= 4 is 116 Å². The van der Waals surface area contributed by atoms with Gasteiger partial charge in [0.15, 0.2) is 5.66 Å². The molecule has 5 fully saturated rings. The standard InChI is InChI=1S/C92H132N20O18/c1-10-12-26-71-83(122)100-64(40-52(3)4)79(118)97-37-20-24-61(95)78(117)102-67(42-55-32-30-54(7)31-33-55)88(127)111-39-19-18-35-92(111)91(130)112(92)75(46-76(96)114)90(129)109-38-21-29-72(109)84(123)105-69(47-94)82(121)103-66(41-53(5)6)87(126)110-50-58(113)45-74(110)85(124)101-65(43-56-48-98-62-25-16-14-22-59(56)62)81(120)99-63(34-36-93)80(119)104-68(86(125)107(9)73(27-13-11-2)89(128)106(71)8)44-57-49-108(51-77(115)116)70-28-17-15-23-60(57)70/h14-17,22-23,25,28,30-33,48-49,52-53,58,61,63-69,71-75,98,113H,10-13,18-21,24,26-27,29,34-47,50-51,93-95H2,1-9H3,(H2,96,114)(H,97,118)(H,99,120)(H,100,122)(H,101,124)(H,102,117)(H,103,121)(H,104,119)(H,105,123)(H,115,116)/t58-,61+,63+,64+,65+,66+,67+,68+,69+,71+,72+,73+,74+,75+,92-,112?/m1/s1. The summed E-state index contributed by atoms with van der Waals surface area (Å²) < 4.78 is 1.47. The van der Waals surface area contributed by atoms with E-state index in [1.807, 2.05) is 46.8 Å². The van der Waals surface area contributed by atoms with Crippen molar-refractivity contribution in [2.24, 2.45) is 34.8 Å². The molecule has 7 heterocycles. The summed E-state index contributed by atoms with van der Waals surface area (Å²) in [6.07, 6.45) is 3.09. The Hall–Kier alpha value is -11.9. The van der Waals surface area contributed by atoms with Crippen LogP contribution in [0.1, 0.15) is 179 Å². The van der Waals surface area contributed by atoms with Gasteiger partial charge in [-0.1, -0.05) is 133 Å². The number of benzene rings is 3. The van der Waals surface area contributed by atoms with Crippen molar-refractivity contribution < 1.29 is 86.9 Å². The van der Waals surface area contributed by atoms with Crippen LogP contribution < -0.4 is 65.5 Å². The quantitative estimate of drug-likeness (QED) is 0.0393. The lowest BCUT2D eigenvalue weighted by atomic mass is 9.97. The summed E-state index contributed by atoms with van der Waals surface area (Å²) in [6, 6.07) is 2.50. The highest BCUT2D eigenvalue weighted by molar-refractivity contribution is 6.10. The van der Waals surface area contributed by atoms with Gasteiger partial charge in [0.05, 0.1) is 18.6 Å². The number of carboxylic acid groups (broad SMARTS) is 1. The molecule has 0 unspecified atom stereocenters. The van der Waals surface area contributed by atoms with E-state index in [1.54, 1.807) is 86.9 Å². The molecule has 708 valence electrons. The van der Waals surface area contributed by atoms with Gasteiger partial charge in [-0.2, -0.15) is 0 Å². The minimum absolute atomic E-state index is 0.00111. The number of nitrogens with zero attached hydrogens (tertiary/aromatic N) is 7. The fraction of sp³-hybridized carbons (Fsp3) is 0.587. The molecule has 15 amide bonds. The fourth-order valence-corrected chi connectivity index (χ4v) is 18.5. The molecule has 5 aromatic rings. The zero-order valence-electron chi connectivity index (χ0n) is 76.0. The van der Waals surface area contributed by atoms with E-state index in [0.717, 1.165) is 15.4 Å². The zero-order chi connectivity index (χ0) is 94.7. The van der Waals surface area contributed by atoms with Crippen LogP contribution in [0.25, 0.3) is 21.8 Å².